The van der Waals surface area contributed by atoms with Crippen LogP contribution in [0.4, 0.5) is 0 Å². The number of carbonyl (C=O) groups excluding carboxylic acids is 2. The molecule has 4 nitrogen and oxygen atoms in total. The Morgan fingerprint density at radius 2 is 1.52 bits per heavy atom. The number of hydrogen-bond donors (Lipinski definition) is 1. The average Bonchev–Trinajstić information content (AvgIpc) is 2.52. The Kier molecular flexibility index (Phi) is 5.06. The molecule has 0 aliphatic heterocycles. The van der Waals surface area contributed by atoms with Gasteiger partial charge in [0.25, 0.3) is 11.8 Å². The van der Waals surface area contributed by atoms with E-state index < -0.39 is 11.4 Å². The van der Waals surface area contributed by atoms with E-state index in [1.807, 2.05) is 26.8 Å². The normalized spacial score (nSPS) is 11.0. The fourth-order valence-electron chi connectivity index (χ4n) is 2.04. The number of nitrogens with zero attached hydrogens (tertiary/aromatic N) is 1. The maximum absolute atomic E-state index is 12.7. The second kappa shape index (κ2) is 6.84. The molecule has 120 valence electrons. The molecule has 2 aromatic rings. The van der Waals surface area contributed by atoms with Gasteiger partial charge in [-0.1, -0.05) is 41.9 Å². The van der Waals surface area contributed by atoms with Gasteiger partial charge in [0.2, 0.25) is 0 Å². The average molecular weight is 331 g/mol. The molecule has 5 heteroatoms. The van der Waals surface area contributed by atoms with Crippen molar-refractivity contribution in [2.75, 3.05) is 0 Å². The van der Waals surface area contributed by atoms with Crippen LogP contribution in [0.15, 0.2) is 54.6 Å². The lowest BCUT2D eigenvalue weighted by Gasteiger charge is -2.35. The van der Waals surface area contributed by atoms with Gasteiger partial charge in [0.1, 0.15) is 0 Å². The fourth-order valence-corrected chi connectivity index (χ4v) is 2.26. The molecule has 2 rings (SSSR count). The Labute approximate surface area is 141 Å². The van der Waals surface area contributed by atoms with Gasteiger partial charge in [-0.3, -0.25) is 15.0 Å². The van der Waals surface area contributed by atoms with E-state index in [4.69, 9.17) is 11.6 Å². The predicted molar refractivity (Wildman–Crippen MR) is 91.3 cm³/mol. The molecule has 0 aliphatic carbocycles. The topological polar surface area (TPSA) is 49.4 Å². The molecule has 0 unspecified atom stereocenters. The number of halogens is 1. The summed E-state index contributed by atoms with van der Waals surface area (Å²) in [6.07, 6.45) is 0. The van der Waals surface area contributed by atoms with Crippen LogP contribution in [0.2, 0.25) is 5.02 Å². The van der Waals surface area contributed by atoms with E-state index in [0.29, 0.717) is 16.1 Å². The van der Waals surface area contributed by atoms with Crippen LogP contribution in [0.3, 0.4) is 0 Å². The highest BCUT2D eigenvalue weighted by Crippen LogP contribution is 2.18. The monoisotopic (exact) mass is 330 g/mol. The van der Waals surface area contributed by atoms with E-state index in [9.17, 15) is 9.59 Å². The summed E-state index contributed by atoms with van der Waals surface area (Å²) in [4.78, 5) is 25.2. The van der Waals surface area contributed by atoms with Crippen LogP contribution >= 0.6 is 11.6 Å². The molecule has 2 aromatic carbocycles. The van der Waals surface area contributed by atoms with Crippen molar-refractivity contribution < 1.29 is 9.59 Å². The number of carbonyl (C=O) groups is 2. The van der Waals surface area contributed by atoms with Gasteiger partial charge < -0.3 is 0 Å². The number of hydrazine groups is 1. The molecule has 1 N–H and O–H groups in total. The van der Waals surface area contributed by atoms with Crippen molar-refractivity contribution in [2.45, 2.75) is 26.3 Å². The van der Waals surface area contributed by atoms with Gasteiger partial charge in [-0.05, 0) is 45.0 Å². The first-order valence-electron chi connectivity index (χ1n) is 7.26. The molecule has 0 bridgehead atoms. The summed E-state index contributed by atoms with van der Waals surface area (Å²) in [5.41, 5.74) is 2.90. The van der Waals surface area contributed by atoms with E-state index in [2.05, 4.69) is 5.43 Å². The summed E-state index contributed by atoms with van der Waals surface area (Å²) in [7, 11) is 0. The second-order valence-corrected chi connectivity index (χ2v) is 6.51. The fraction of sp³-hybridized carbons (Fsp3) is 0.222. The van der Waals surface area contributed by atoms with E-state index in [0.717, 1.165) is 0 Å². The first-order valence-corrected chi connectivity index (χ1v) is 7.63. The van der Waals surface area contributed by atoms with Gasteiger partial charge in [-0.15, -0.1) is 0 Å². The van der Waals surface area contributed by atoms with Crippen LogP contribution in [0.5, 0.6) is 0 Å². The lowest BCUT2D eigenvalue weighted by Crippen LogP contribution is -2.55. The highest BCUT2D eigenvalue weighted by atomic mass is 35.5. The van der Waals surface area contributed by atoms with Crippen molar-refractivity contribution in [3.63, 3.8) is 0 Å². The molecular weight excluding hydrogens is 312 g/mol. The van der Waals surface area contributed by atoms with E-state index in [1.54, 1.807) is 48.5 Å². The predicted octanol–water partition coefficient (Wildman–Crippen LogP) is 3.93. The van der Waals surface area contributed by atoms with Crippen LogP contribution < -0.4 is 5.43 Å². The summed E-state index contributed by atoms with van der Waals surface area (Å²) in [6, 6.07) is 15.5. The number of amides is 2. The minimum Gasteiger partial charge on any atom is -0.267 e. The number of rotatable bonds is 2. The number of benzene rings is 2. The van der Waals surface area contributed by atoms with Crippen molar-refractivity contribution in [3.8, 4) is 0 Å². The van der Waals surface area contributed by atoms with E-state index >= 15 is 0 Å². The largest absolute Gasteiger partial charge is 0.272 e. The highest BCUT2D eigenvalue weighted by molar-refractivity contribution is 6.33. The summed E-state index contributed by atoms with van der Waals surface area (Å²) >= 11 is 6.05. The minimum absolute atomic E-state index is 0.279. The zero-order chi connectivity index (χ0) is 17.0. The van der Waals surface area contributed by atoms with Crippen molar-refractivity contribution >= 4 is 23.4 Å². The van der Waals surface area contributed by atoms with Gasteiger partial charge in [0.15, 0.2) is 0 Å². The standard InChI is InChI=1S/C18H19ClN2O2/c1-18(2,3)21(17(23)13-9-5-4-6-10-13)20-16(22)14-11-7-8-12-15(14)19/h4-12H,1-3H3,(H,20,22). The first kappa shape index (κ1) is 17.0. The molecule has 0 radical (unpaired) electrons. The van der Waals surface area contributed by atoms with Crippen LogP contribution in [-0.2, 0) is 0 Å². The number of hydrogen-bond acceptors (Lipinski definition) is 2. The van der Waals surface area contributed by atoms with Gasteiger partial charge in [-0.2, -0.15) is 0 Å². The Hall–Kier alpha value is -2.33. The molecule has 23 heavy (non-hydrogen) atoms. The quantitative estimate of drug-likeness (QED) is 0.848. The van der Waals surface area contributed by atoms with Gasteiger partial charge in [0, 0.05) is 5.56 Å². The van der Waals surface area contributed by atoms with Crippen LogP contribution in [0.1, 0.15) is 41.5 Å². The third-order valence-electron chi connectivity index (χ3n) is 3.23. The maximum Gasteiger partial charge on any atom is 0.272 e. The van der Waals surface area contributed by atoms with Crippen molar-refractivity contribution in [2.24, 2.45) is 0 Å². The van der Waals surface area contributed by atoms with Crippen molar-refractivity contribution in [3.05, 3.63) is 70.7 Å². The van der Waals surface area contributed by atoms with Crippen molar-refractivity contribution in [1.29, 1.82) is 0 Å². The van der Waals surface area contributed by atoms with E-state index in [-0.39, 0.29) is 5.91 Å². The van der Waals surface area contributed by atoms with Gasteiger partial charge in [0.05, 0.1) is 16.1 Å². The molecule has 0 spiro atoms. The second-order valence-electron chi connectivity index (χ2n) is 6.10. The molecule has 0 saturated carbocycles. The Bertz CT molecular complexity index is 708. The summed E-state index contributed by atoms with van der Waals surface area (Å²) in [5.74, 6) is -0.701. The Balaban J connectivity index is 2.29. The van der Waals surface area contributed by atoms with Crippen LogP contribution in [-0.4, -0.2) is 22.4 Å². The lowest BCUT2D eigenvalue weighted by molar-refractivity contribution is 0.0358. The Morgan fingerprint density at radius 1 is 0.957 bits per heavy atom. The van der Waals surface area contributed by atoms with Gasteiger partial charge in [-0.25, -0.2) is 5.01 Å². The molecule has 0 heterocycles. The van der Waals surface area contributed by atoms with Crippen molar-refractivity contribution in [1.82, 2.24) is 10.4 Å². The summed E-state index contributed by atoms with van der Waals surface area (Å²) < 4.78 is 0. The molecule has 0 atom stereocenters. The van der Waals surface area contributed by atoms with Crippen LogP contribution in [0, 0.1) is 0 Å². The first-order chi connectivity index (χ1) is 10.8. The molecule has 0 aromatic heterocycles. The molecule has 0 saturated heterocycles. The van der Waals surface area contributed by atoms with Crippen LogP contribution in [0.25, 0.3) is 0 Å². The minimum atomic E-state index is -0.593. The molecule has 0 fully saturated rings. The summed E-state index contributed by atoms with van der Waals surface area (Å²) in [6.45, 7) is 5.54. The maximum atomic E-state index is 12.7. The third-order valence-corrected chi connectivity index (χ3v) is 3.56. The SMILES string of the molecule is CC(C)(C)N(NC(=O)c1ccccc1Cl)C(=O)c1ccccc1. The highest BCUT2D eigenvalue weighted by Gasteiger charge is 2.29. The lowest BCUT2D eigenvalue weighted by atomic mass is 10.1. The summed E-state index contributed by atoms with van der Waals surface area (Å²) in [5, 5.41) is 1.67. The Morgan fingerprint density at radius 3 is 2.09 bits per heavy atom. The smallest absolute Gasteiger partial charge is 0.267 e. The zero-order valence-electron chi connectivity index (χ0n) is 13.3. The van der Waals surface area contributed by atoms with Gasteiger partial charge >= 0.3 is 0 Å². The zero-order valence-corrected chi connectivity index (χ0v) is 14.1. The third kappa shape index (κ3) is 4.11. The van der Waals surface area contributed by atoms with E-state index in [1.165, 1.54) is 5.01 Å². The molecule has 0 aliphatic rings. The molecular formula is C18H19ClN2O2. The molecule has 2 amide bonds. The number of nitrogens with one attached hydrogen (secondary N) is 1.